The maximum absolute atomic E-state index is 14.5. The molecule has 4 aromatic carbocycles. The van der Waals surface area contributed by atoms with E-state index in [1.54, 1.807) is 19.1 Å². The number of alkyl halides is 3. The summed E-state index contributed by atoms with van der Waals surface area (Å²) in [6.07, 6.45) is -4.64. The number of hydrogen-bond donors (Lipinski definition) is 1. The summed E-state index contributed by atoms with van der Waals surface area (Å²) in [6, 6.07) is 25.1. The molecule has 2 amide bonds. The molecule has 0 heterocycles. The van der Waals surface area contributed by atoms with Crippen molar-refractivity contribution >= 4 is 27.5 Å². The summed E-state index contributed by atoms with van der Waals surface area (Å²) in [5.41, 5.74) is 1.81. The molecule has 1 atom stereocenters. The molecule has 0 unspecified atom stereocenters. The minimum Gasteiger partial charge on any atom is -0.354 e. The highest BCUT2D eigenvalue weighted by atomic mass is 32.2. The Balaban J connectivity index is 1.84. The Labute approximate surface area is 280 Å². The minimum atomic E-state index is -4.76. The summed E-state index contributed by atoms with van der Waals surface area (Å²) in [4.78, 5) is 29.5. The van der Waals surface area contributed by atoms with Gasteiger partial charge < -0.3 is 10.2 Å². The second-order valence-corrected chi connectivity index (χ2v) is 14.1. The summed E-state index contributed by atoms with van der Waals surface area (Å²) in [6.45, 7) is 6.99. The molecule has 0 radical (unpaired) electrons. The third kappa shape index (κ3) is 9.47. The number of carbonyl (C=O) groups is 2. The van der Waals surface area contributed by atoms with Crippen LogP contribution in [0.1, 0.15) is 41.7 Å². The number of sulfonamides is 1. The number of anilines is 1. The molecule has 0 aliphatic carbocycles. The van der Waals surface area contributed by atoms with Crippen LogP contribution in [0.4, 0.5) is 18.9 Å². The molecule has 0 aromatic heterocycles. The van der Waals surface area contributed by atoms with Gasteiger partial charge in [-0.1, -0.05) is 97.8 Å². The highest BCUT2D eigenvalue weighted by Gasteiger charge is 2.36. The molecule has 4 aromatic rings. The third-order valence-electron chi connectivity index (χ3n) is 7.78. The molecule has 254 valence electrons. The normalized spacial score (nSPS) is 12.4. The summed E-state index contributed by atoms with van der Waals surface area (Å²) in [5.74, 6) is -1.08. The van der Waals surface area contributed by atoms with Crippen molar-refractivity contribution in [2.75, 3.05) is 17.4 Å². The van der Waals surface area contributed by atoms with Gasteiger partial charge in [0.25, 0.3) is 10.0 Å². The van der Waals surface area contributed by atoms with Crippen molar-refractivity contribution in [3.05, 3.63) is 131 Å². The molecule has 1 N–H and O–H groups in total. The van der Waals surface area contributed by atoms with Crippen LogP contribution >= 0.6 is 0 Å². The number of nitrogens with zero attached hydrogens (tertiary/aromatic N) is 2. The van der Waals surface area contributed by atoms with Crippen molar-refractivity contribution in [2.24, 2.45) is 5.92 Å². The zero-order valence-corrected chi connectivity index (χ0v) is 28.2. The number of benzene rings is 4. The average Bonchev–Trinajstić information content (AvgIpc) is 3.05. The van der Waals surface area contributed by atoms with Crippen molar-refractivity contribution in [3.63, 3.8) is 0 Å². The van der Waals surface area contributed by atoms with E-state index in [4.69, 9.17) is 0 Å². The Kier molecular flexibility index (Phi) is 11.7. The van der Waals surface area contributed by atoms with Gasteiger partial charge in [-0.25, -0.2) is 8.42 Å². The molecular formula is C37H40F3N3O4S. The van der Waals surface area contributed by atoms with Gasteiger partial charge in [-0.15, -0.1) is 0 Å². The number of amides is 2. The first-order chi connectivity index (χ1) is 22.6. The largest absolute Gasteiger partial charge is 0.416 e. The first kappa shape index (κ1) is 36.2. The van der Waals surface area contributed by atoms with Crippen LogP contribution in [0.25, 0.3) is 0 Å². The second kappa shape index (κ2) is 15.5. The Hall–Kier alpha value is -4.64. The number of nitrogens with one attached hydrogen (secondary N) is 1. The molecule has 0 fully saturated rings. The van der Waals surface area contributed by atoms with Gasteiger partial charge in [-0.05, 0) is 61.2 Å². The fourth-order valence-corrected chi connectivity index (χ4v) is 6.48. The lowest BCUT2D eigenvalue weighted by atomic mass is 10.0. The monoisotopic (exact) mass is 679 g/mol. The van der Waals surface area contributed by atoms with Crippen LogP contribution < -0.4 is 9.62 Å². The van der Waals surface area contributed by atoms with E-state index in [-0.39, 0.29) is 29.5 Å². The van der Waals surface area contributed by atoms with E-state index in [1.165, 1.54) is 23.1 Å². The highest BCUT2D eigenvalue weighted by molar-refractivity contribution is 7.92. The minimum absolute atomic E-state index is 0.0489. The van der Waals surface area contributed by atoms with Crippen LogP contribution in [-0.4, -0.2) is 44.3 Å². The van der Waals surface area contributed by atoms with Gasteiger partial charge in [-0.3, -0.25) is 13.9 Å². The zero-order chi connectivity index (χ0) is 35.1. The molecule has 48 heavy (non-hydrogen) atoms. The van der Waals surface area contributed by atoms with Crippen LogP contribution in [0.2, 0.25) is 0 Å². The molecule has 0 aliphatic rings. The fraction of sp³-hybridized carbons (Fsp3) is 0.297. The number of hydrogen-bond acceptors (Lipinski definition) is 4. The summed E-state index contributed by atoms with van der Waals surface area (Å²) in [7, 11) is -4.55. The lowest BCUT2D eigenvalue weighted by Gasteiger charge is -2.34. The van der Waals surface area contributed by atoms with E-state index >= 15 is 0 Å². The first-order valence-corrected chi connectivity index (χ1v) is 17.0. The van der Waals surface area contributed by atoms with Crippen molar-refractivity contribution in [1.29, 1.82) is 0 Å². The average molecular weight is 680 g/mol. The number of carbonyl (C=O) groups excluding carboxylic acids is 2. The topological polar surface area (TPSA) is 86.8 Å². The Morgan fingerprint density at radius 1 is 0.792 bits per heavy atom. The molecular weight excluding hydrogens is 639 g/mol. The van der Waals surface area contributed by atoms with Gasteiger partial charge in [-0.2, -0.15) is 13.2 Å². The molecule has 7 nitrogen and oxygen atoms in total. The Morgan fingerprint density at radius 3 is 1.98 bits per heavy atom. The maximum atomic E-state index is 14.5. The lowest BCUT2D eigenvalue weighted by molar-refractivity contribution is -0.140. The predicted molar refractivity (Wildman–Crippen MR) is 181 cm³/mol. The lowest BCUT2D eigenvalue weighted by Crippen LogP contribution is -2.53. The molecule has 0 bridgehead atoms. The SMILES string of the molecule is Cc1ccc(CN(C(=O)CN(c2cccc(C(F)(F)F)c2)S(=O)(=O)c2ccc(C)cc2)[C@@H](Cc2ccccc2)C(=O)NCC(C)C)cc1. The van der Waals surface area contributed by atoms with Crippen LogP contribution in [0.5, 0.6) is 0 Å². The molecule has 0 spiro atoms. The zero-order valence-electron chi connectivity index (χ0n) is 27.4. The van der Waals surface area contributed by atoms with E-state index in [0.29, 0.717) is 22.5 Å². The quantitative estimate of drug-likeness (QED) is 0.166. The van der Waals surface area contributed by atoms with Crippen molar-refractivity contribution in [1.82, 2.24) is 10.2 Å². The maximum Gasteiger partial charge on any atom is 0.416 e. The van der Waals surface area contributed by atoms with Crippen LogP contribution in [0, 0.1) is 19.8 Å². The van der Waals surface area contributed by atoms with Gasteiger partial charge in [0, 0.05) is 19.5 Å². The van der Waals surface area contributed by atoms with Gasteiger partial charge in [0.2, 0.25) is 11.8 Å². The van der Waals surface area contributed by atoms with Crippen molar-refractivity contribution in [2.45, 2.75) is 57.8 Å². The molecule has 11 heteroatoms. The number of rotatable bonds is 13. The predicted octanol–water partition coefficient (Wildman–Crippen LogP) is 6.93. The summed E-state index contributed by atoms with van der Waals surface area (Å²) < 4.78 is 70.3. The molecule has 0 saturated carbocycles. The van der Waals surface area contributed by atoms with Gasteiger partial charge in [0.1, 0.15) is 12.6 Å². The van der Waals surface area contributed by atoms with Gasteiger partial charge in [0.05, 0.1) is 16.1 Å². The van der Waals surface area contributed by atoms with E-state index in [2.05, 4.69) is 5.32 Å². The Bertz CT molecular complexity index is 1790. The highest BCUT2D eigenvalue weighted by Crippen LogP contribution is 2.33. The van der Waals surface area contributed by atoms with Crippen LogP contribution in [0.15, 0.2) is 108 Å². The standard InChI is InChI=1S/C37H40F3N3O4S/c1-26(2)23-41-36(45)34(21-29-9-6-5-7-10-29)42(24-30-17-13-27(3)14-18-30)35(44)25-43(32-12-8-11-31(22-32)37(38,39)40)48(46,47)33-19-15-28(4)16-20-33/h5-20,22,26,34H,21,23-25H2,1-4H3,(H,41,45)/t34-/m0/s1. The second-order valence-electron chi connectivity index (χ2n) is 12.2. The van der Waals surface area contributed by atoms with E-state index in [1.807, 2.05) is 75.4 Å². The summed E-state index contributed by atoms with van der Waals surface area (Å²) >= 11 is 0. The molecule has 0 aliphatic heterocycles. The van der Waals surface area contributed by atoms with Gasteiger partial charge >= 0.3 is 6.18 Å². The smallest absolute Gasteiger partial charge is 0.354 e. The molecule has 0 saturated heterocycles. The van der Waals surface area contributed by atoms with Gasteiger partial charge in [0.15, 0.2) is 0 Å². The van der Waals surface area contributed by atoms with Crippen molar-refractivity contribution in [3.8, 4) is 0 Å². The number of aryl methyl sites for hydroxylation is 2. The first-order valence-electron chi connectivity index (χ1n) is 15.6. The molecule has 4 rings (SSSR count). The van der Waals surface area contributed by atoms with Crippen LogP contribution in [-0.2, 0) is 38.8 Å². The van der Waals surface area contributed by atoms with E-state index in [9.17, 15) is 31.2 Å². The van der Waals surface area contributed by atoms with Crippen molar-refractivity contribution < 1.29 is 31.2 Å². The van der Waals surface area contributed by atoms with Crippen LogP contribution in [0.3, 0.4) is 0 Å². The van der Waals surface area contributed by atoms with E-state index in [0.717, 1.165) is 28.8 Å². The fourth-order valence-electron chi connectivity index (χ4n) is 5.07. The van der Waals surface area contributed by atoms with E-state index < -0.39 is 46.2 Å². The number of halogens is 3. The third-order valence-corrected chi connectivity index (χ3v) is 9.57. The summed E-state index contributed by atoms with van der Waals surface area (Å²) in [5, 5.41) is 2.91. The Morgan fingerprint density at radius 2 is 1.40 bits per heavy atom.